The number of hydrogen-bond acceptors (Lipinski definition) is 2. The van der Waals surface area contributed by atoms with Gasteiger partial charge in [0.1, 0.15) is 0 Å². The minimum Gasteiger partial charge on any atom is -0.273 e. The van der Waals surface area contributed by atoms with Gasteiger partial charge in [-0.2, -0.15) is 0 Å². The lowest BCUT2D eigenvalue weighted by molar-refractivity contribution is -0.121. The molecule has 0 unspecified atom stereocenters. The lowest BCUT2D eigenvalue weighted by Crippen LogP contribution is -2.41. The van der Waals surface area contributed by atoms with Crippen molar-refractivity contribution >= 4 is 27.7 Å². The molecule has 1 rings (SSSR count). The normalized spacial score (nSPS) is 9.47. The topological polar surface area (TPSA) is 58.2 Å². The molecule has 2 amide bonds. The third-order valence-corrected chi connectivity index (χ3v) is 2.45. The number of rotatable bonds is 2. The molecule has 0 saturated heterocycles. The van der Waals surface area contributed by atoms with Crippen molar-refractivity contribution in [2.24, 2.45) is 0 Å². The van der Waals surface area contributed by atoms with E-state index in [1.54, 1.807) is 25.1 Å². The first-order valence-electron chi connectivity index (χ1n) is 4.49. The van der Waals surface area contributed by atoms with Crippen LogP contribution in [0.2, 0.25) is 0 Å². The van der Waals surface area contributed by atoms with Crippen molar-refractivity contribution < 1.29 is 9.59 Å². The van der Waals surface area contributed by atoms with E-state index in [1.807, 2.05) is 6.07 Å². The molecule has 5 heteroatoms. The van der Waals surface area contributed by atoms with E-state index in [0.717, 1.165) is 0 Å². The van der Waals surface area contributed by atoms with Crippen molar-refractivity contribution in [2.45, 2.75) is 13.3 Å². The Balaban J connectivity index is 2.62. The number of amides is 2. The zero-order valence-electron chi connectivity index (χ0n) is 8.21. The van der Waals surface area contributed by atoms with Crippen LogP contribution in [0.4, 0.5) is 0 Å². The third kappa shape index (κ3) is 3.36. The molecule has 0 radical (unpaired) electrons. The molecule has 0 aliphatic rings. The molecule has 0 bridgehead atoms. The number of halogens is 1. The average molecular weight is 271 g/mol. The second kappa shape index (κ2) is 5.50. The molecule has 2 N–H and O–H groups in total. The molecule has 0 aliphatic carbocycles. The summed E-state index contributed by atoms with van der Waals surface area (Å²) in [6, 6.07) is 6.99. The predicted octanol–water partition coefficient (Wildman–Crippen LogP) is 1.62. The van der Waals surface area contributed by atoms with E-state index in [9.17, 15) is 9.59 Å². The fraction of sp³-hybridized carbons (Fsp3) is 0.200. The molecule has 1 aromatic rings. The lowest BCUT2D eigenvalue weighted by Gasteiger charge is -2.07. The molecule has 4 nitrogen and oxygen atoms in total. The Bertz CT molecular complexity index is 379. The van der Waals surface area contributed by atoms with Gasteiger partial charge in [-0.15, -0.1) is 0 Å². The summed E-state index contributed by atoms with van der Waals surface area (Å²) >= 11 is 3.25. The van der Waals surface area contributed by atoms with E-state index in [4.69, 9.17) is 0 Å². The molecule has 0 aliphatic heterocycles. The van der Waals surface area contributed by atoms with Gasteiger partial charge in [-0.1, -0.05) is 19.1 Å². The first kappa shape index (κ1) is 11.7. The Morgan fingerprint density at radius 3 is 2.53 bits per heavy atom. The maximum atomic E-state index is 11.5. The van der Waals surface area contributed by atoms with Crippen LogP contribution in [-0.2, 0) is 4.79 Å². The third-order valence-electron chi connectivity index (χ3n) is 1.76. The Labute approximate surface area is 96.2 Å². The van der Waals surface area contributed by atoms with Gasteiger partial charge in [0.15, 0.2) is 0 Å². The van der Waals surface area contributed by atoms with Gasteiger partial charge in [-0.3, -0.25) is 20.4 Å². The van der Waals surface area contributed by atoms with E-state index < -0.39 is 0 Å². The Morgan fingerprint density at radius 1 is 1.27 bits per heavy atom. The summed E-state index contributed by atoms with van der Waals surface area (Å²) < 4.78 is 0.688. The maximum Gasteiger partial charge on any atom is 0.270 e. The van der Waals surface area contributed by atoms with Crippen LogP contribution in [0.25, 0.3) is 0 Å². The molecule has 0 aromatic heterocycles. The van der Waals surface area contributed by atoms with Crippen LogP contribution in [-0.4, -0.2) is 11.8 Å². The lowest BCUT2D eigenvalue weighted by atomic mass is 10.2. The van der Waals surface area contributed by atoms with Crippen LogP contribution in [0.1, 0.15) is 23.7 Å². The van der Waals surface area contributed by atoms with Gasteiger partial charge in [0, 0.05) is 10.9 Å². The van der Waals surface area contributed by atoms with Gasteiger partial charge in [-0.05, 0) is 28.1 Å². The van der Waals surface area contributed by atoms with Gasteiger partial charge >= 0.3 is 0 Å². The zero-order chi connectivity index (χ0) is 11.3. The predicted molar refractivity (Wildman–Crippen MR) is 60.0 cm³/mol. The average Bonchev–Trinajstić information content (AvgIpc) is 2.26. The van der Waals surface area contributed by atoms with Crippen molar-refractivity contribution in [3.05, 3.63) is 34.3 Å². The summed E-state index contributed by atoms with van der Waals surface area (Å²) in [6.07, 6.45) is 0.330. The van der Waals surface area contributed by atoms with Crippen molar-refractivity contribution in [1.82, 2.24) is 10.9 Å². The van der Waals surface area contributed by atoms with Gasteiger partial charge in [0.2, 0.25) is 5.91 Å². The van der Waals surface area contributed by atoms with Crippen LogP contribution >= 0.6 is 15.9 Å². The quantitative estimate of drug-likeness (QED) is 0.803. The fourth-order valence-corrected chi connectivity index (χ4v) is 1.39. The molecule has 0 atom stereocenters. The van der Waals surface area contributed by atoms with E-state index in [-0.39, 0.29) is 11.8 Å². The molecule has 80 valence electrons. The molecular formula is C10H11BrN2O2. The SMILES string of the molecule is CCC(=O)NNC(=O)c1ccccc1Br. The number of nitrogens with one attached hydrogen (secondary N) is 2. The largest absolute Gasteiger partial charge is 0.273 e. The highest BCUT2D eigenvalue weighted by atomic mass is 79.9. The second-order valence-electron chi connectivity index (χ2n) is 2.84. The van der Waals surface area contributed by atoms with Gasteiger partial charge < -0.3 is 0 Å². The first-order valence-corrected chi connectivity index (χ1v) is 5.28. The summed E-state index contributed by atoms with van der Waals surface area (Å²) in [7, 11) is 0. The Hall–Kier alpha value is -1.36. The Morgan fingerprint density at radius 2 is 1.93 bits per heavy atom. The van der Waals surface area contributed by atoms with E-state index >= 15 is 0 Å². The molecule has 0 fully saturated rings. The van der Waals surface area contributed by atoms with Crippen LogP contribution in [0, 0.1) is 0 Å². The summed E-state index contributed by atoms with van der Waals surface area (Å²) in [5.41, 5.74) is 5.10. The minimum absolute atomic E-state index is 0.226. The standard InChI is InChI=1S/C10H11BrN2O2/c1-2-9(14)12-13-10(15)7-5-3-4-6-8(7)11/h3-6H,2H2,1H3,(H,12,14)(H,13,15). The second-order valence-corrected chi connectivity index (χ2v) is 3.69. The number of carbonyl (C=O) groups is 2. The van der Waals surface area contributed by atoms with Gasteiger partial charge in [-0.25, -0.2) is 0 Å². The summed E-state index contributed by atoms with van der Waals surface area (Å²) in [6.45, 7) is 1.71. The highest BCUT2D eigenvalue weighted by Gasteiger charge is 2.08. The van der Waals surface area contributed by atoms with Crippen LogP contribution in [0.3, 0.4) is 0 Å². The van der Waals surface area contributed by atoms with E-state index in [2.05, 4.69) is 26.8 Å². The monoisotopic (exact) mass is 270 g/mol. The van der Waals surface area contributed by atoms with E-state index in [0.29, 0.717) is 16.5 Å². The number of hydrazine groups is 1. The maximum absolute atomic E-state index is 11.5. The molecular weight excluding hydrogens is 260 g/mol. The molecule has 15 heavy (non-hydrogen) atoms. The van der Waals surface area contributed by atoms with Crippen LogP contribution < -0.4 is 10.9 Å². The number of benzene rings is 1. The molecule has 0 heterocycles. The molecule has 1 aromatic carbocycles. The van der Waals surface area contributed by atoms with Gasteiger partial charge in [0.25, 0.3) is 5.91 Å². The van der Waals surface area contributed by atoms with Crippen LogP contribution in [0.15, 0.2) is 28.7 Å². The zero-order valence-corrected chi connectivity index (χ0v) is 9.80. The van der Waals surface area contributed by atoms with Crippen molar-refractivity contribution in [3.8, 4) is 0 Å². The fourth-order valence-electron chi connectivity index (χ4n) is 0.928. The molecule has 0 saturated carbocycles. The van der Waals surface area contributed by atoms with Crippen LogP contribution in [0.5, 0.6) is 0 Å². The van der Waals surface area contributed by atoms with Crippen molar-refractivity contribution in [3.63, 3.8) is 0 Å². The summed E-state index contributed by atoms with van der Waals surface area (Å²) in [4.78, 5) is 22.4. The smallest absolute Gasteiger partial charge is 0.270 e. The highest BCUT2D eigenvalue weighted by Crippen LogP contribution is 2.14. The number of carbonyl (C=O) groups excluding carboxylic acids is 2. The van der Waals surface area contributed by atoms with Gasteiger partial charge in [0.05, 0.1) is 5.56 Å². The highest BCUT2D eigenvalue weighted by molar-refractivity contribution is 9.10. The number of hydrogen-bond donors (Lipinski definition) is 2. The molecule has 0 spiro atoms. The first-order chi connectivity index (χ1) is 7.15. The Kier molecular flexibility index (Phi) is 4.30. The van der Waals surface area contributed by atoms with Crippen molar-refractivity contribution in [2.75, 3.05) is 0 Å². The van der Waals surface area contributed by atoms with Crippen molar-refractivity contribution in [1.29, 1.82) is 0 Å². The summed E-state index contributed by atoms with van der Waals surface area (Å²) in [5.74, 6) is -0.570. The summed E-state index contributed by atoms with van der Waals surface area (Å²) in [5, 5.41) is 0. The minimum atomic E-state index is -0.343. The van der Waals surface area contributed by atoms with E-state index in [1.165, 1.54) is 0 Å².